The maximum atomic E-state index is 11.8. The summed E-state index contributed by atoms with van der Waals surface area (Å²) in [5, 5.41) is 3.25. The van der Waals surface area contributed by atoms with Gasteiger partial charge in [0.15, 0.2) is 5.78 Å². The molecule has 0 bridgehead atoms. The number of ketones is 1. The van der Waals surface area contributed by atoms with Crippen LogP contribution in [0.4, 0.5) is 0 Å². The standard InChI is InChI=1S/C12H15NO2/c1-12(11(14)7-8-13-12)9-3-5-10(15-2)6-4-9/h3-6,13H,7-8H2,1-2H3. The van der Waals surface area contributed by atoms with Gasteiger partial charge in [-0.2, -0.15) is 0 Å². The van der Waals surface area contributed by atoms with Crippen molar-refractivity contribution >= 4 is 5.78 Å². The molecule has 0 aromatic heterocycles. The van der Waals surface area contributed by atoms with E-state index in [-0.39, 0.29) is 5.78 Å². The molecule has 2 rings (SSSR count). The van der Waals surface area contributed by atoms with Crippen LogP contribution in [-0.2, 0) is 10.3 Å². The molecule has 1 heterocycles. The zero-order valence-electron chi connectivity index (χ0n) is 9.04. The second kappa shape index (κ2) is 3.66. The molecule has 1 saturated heterocycles. The van der Waals surface area contributed by atoms with Crippen molar-refractivity contribution < 1.29 is 9.53 Å². The number of rotatable bonds is 2. The quantitative estimate of drug-likeness (QED) is 0.794. The summed E-state index contributed by atoms with van der Waals surface area (Å²) in [6.45, 7) is 2.70. The Bertz CT molecular complexity index is 372. The first-order valence-electron chi connectivity index (χ1n) is 5.09. The molecule has 1 unspecified atom stereocenters. The predicted molar refractivity (Wildman–Crippen MR) is 58.0 cm³/mol. The highest BCUT2D eigenvalue weighted by molar-refractivity contribution is 5.91. The van der Waals surface area contributed by atoms with Crippen LogP contribution in [-0.4, -0.2) is 19.4 Å². The minimum Gasteiger partial charge on any atom is -0.497 e. The van der Waals surface area contributed by atoms with Gasteiger partial charge < -0.3 is 10.1 Å². The monoisotopic (exact) mass is 205 g/mol. The van der Waals surface area contributed by atoms with Gasteiger partial charge >= 0.3 is 0 Å². The lowest BCUT2D eigenvalue weighted by Crippen LogP contribution is -2.38. The number of ether oxygens (including phenoxy) is 1. The second-order valence-corrected chi connectivity index (χ2v) is 3.95. The summed E-state index contributed by atoms with van der Waals surface area (Å²) in [6.07, 6.45) is 0.614. The summed E-state index contributed by atoms with van der Waals surface area (Å²) < 4.78 is 5.09. The molecule has 1 N–H and O–H groups in total. The third-order valence-corrected chi connectivity index (χ3v) is 3.06. The average Bonchev–Trinajstić information content (AvgIpc) is 2.61. The third-order valence-electron chi connectivity index (χ3n) is 3.06. The lowest BCUT2D eigenvalue weighted by Gasteiger charge is -2.23. The van der Waals surface area contributed by atoms with Crippen LogP contribution in [0.15, 0.2) is 24.3 Å². The zero-order valence-corrected chi connectivity index (χ0v) is 9.04. The van der Waals surface area contributed by atoms with Crippen molar-refractivity contribution in [1.82, 2.24) is 5.32 Å². The fourth-order valence-corrected chi connectivity index (χ4v) is 1.96. The number of hydrogen-bond acceptors (Lipinski definition) is 3. The van der Waals surface area contributed by atoms with Gasteiger partial charge in [0.05, 0.1) is 7.11 Å². The molecule has 1 aliphatic rings. The van der Waals surface area contributed by atoms with Crippen molar-refractivity contribution in [3.63, 3.8) is 0 Å². The molecule has 1 atom stereocenters. The number of nitrogens with one attached hydrogen (secondary N) is 1. The highest BCUT2D eigenvalue weighted by atomic mass is 16.5. The lowest BCUT2D eigenvalue weighted by molar-refractivity contribution is -0.122. The van der Waals surface area contributed by atoms with Crippen molar-refractivity contribution in [3.05, 3.63) is 29.8 Å². The molecule has 3 heteroatoms. The van der Waals surface area contributed by atoms with Crippen molar-refractivity contribution in [2.24, 2.45) is 0 Å². The van der Waals surface area contributed by atoms with E-state index in [0.717, 1.165) is 17.9 Å². The van der Waals surface area contributed by atoms with E-state index in [1.807, 2.05) is 31.2 Å². The molecule has 80 valence electrons. The fourth-order valence-electron chi connectivity index (χ4n) is 1.96. The Morgan fingerprint density at radius 2 is 2.00 bits per heavy atom. The van der Waals surface area contributed by atoms with E-state index in [1.165, 1.54) is 0 Å². The second-order valence-electron chi connectivity index (χ2n) is 3.95. The molecule has 1 fully saturated rings. The van der Waals surface area contributed by atoms with Gasteiger partial charge in [0.1, 0.15) is 11.3 Å². The zero-order chi connectivity index (χ0) is 10.9. The fraction of sp³-hybridized carbons (Fsp3) is 0.417. The maximum absolute atomic E-state index is 11.8. The van der Waals surface area contributed by atoms with Gasteiger partial charge in [-0.05, 0) is 24.6 Å². The van der Waals surface area contributed by atoms with Gasteiger partial charge in [-0.1, -0.05) is 12.1 Å². The Balaban J connectivity index is 2.32. The van der Waals surface area contributed by atoms with Crippen LogP contribution in [0.5, 0.6) is 5.75 Å². The molecule has 0 spiro atoms. The molecular weight excluding hydrogens is 190 g/mol. The predicted octanol–water partition coefficient (Wildman–Crippen LogP) is 1.47. The Morgan fingerprint density at radius 3 is 2.47 bits per heavy atom. The Morgan fingerprint density at radius 1 is 1.33 bits per heavy atom. The smallest absolute Gasteiger partial charge is 0.158 e. The summed E-state index contributed by atoms with van der Waals surface area (Å²) in [5.74, 6) is 1.07. The van der Waals surface area contributed by atoms with E-state index >= 15 is 0 Å². The Labute approximate surface area is 89.4 Å². The summed E-state index contributed by atoms with van der Waals surface area (Å²) in [4.78, 5) is 11.8. The molecule has 0 aliphatic carbocycles. The number of benzene rings is 1. The van der Waals surface area contributed by atoms with E-state index in [1.54, 1.807) is 7.11 Å². The van der Waals surface area contributed by atoms with Crippen molar-refractivity contribution in [2.45, 2.75) is 18.9 Å². The molecule has 0 saturated carbocycles. The first-order valence-corrected chi connectivity index (χ1v) is 5.09. The van der Waals surface area contributed by atoms with Gasteiger partial charge in [-0.25, -0.2) is 0 Å². The van der Waals surface area contributed by atoms with Gasteiger partial charge in [-0.15, -0.1) is 0 Å². The van der Waals surface area contributed by atoms with Crippen LogP contribution < -0.4 is 10.1 Å². The summed E-state index contributed by atoms with van der Waals surface area (Å²) in [7, 11) is 1.63. The average molecular weight is 205 g/mol. The van der Waals surface area contributed by atoms with Crippen molar-refractivity contribution in [1.29, 1.82) is 0 Å². The third kappa shape index (κ3) is 1.63. The van der Waals surface area contributed by atoms with Gasteiger partial charge in [0, 0.05) is 13.0 Å². The van der Waals surface area contributed by atoms with E-state index in [9.17, 15) is 4.79 Å². The molecule has 1 aromatic rings. The van der Waals surface area contributed by atoms with Gasteiger partial charge in [-0.3, -0.25) is 4.79 Å². The molecule has 15 heavy (non-hydrogen) atoms. The summed E-state index contributed by atoms with van der Waals surface area (Å²) >= 11 is 0. The highest BCUT2D eigenvalue weighted by Crippen LogP contribution is 2.28. The van der Waals surface area contributed by atoms with E-state index in [2.05, 4.69) is 5.32 Å². The van der Waals surface area contributed by atoms with Crippen molar-refractivity contribution in [2.75, 3.05) is 13.7 Å². The molecule has 1 aromatic carbocycles. The minimum atomic E-state index is -0.508. The molecule has 1 aliphatic heterocycles. The van der Waals surface area contributed by atoms with Crippen LogP contribution in [0.1, 0.15) is 18.9 Å². The molecular formula is C12H15NO2. The largest absolute Gasteiger partial charge is 0.497 e. The Kier molecular flexibility index (Phi) is 2.49. The number of hydrogen-bond donors (Lipinski definition) is 1. The highest BCUT2D eigenvalue weighted by Gasteiger charge is 2.38. The van der Waals surface area contributed by atoms with Crippen LogP contribution in [0.3, 0.4) is 0 Å². The van der Waals surface area contributed by atoms with Crippen LogP contribution in [0.25, 0.3) is 0 Å². The van der Waals surface area contributed by atoms with E-state index in [4.69, 9.17) is 4.74 Å². The molecule has 3 nitrogen and oxygen atoms in total. The summed E-state index contributed by atoms with van der Waals surface area (Å²) in [6, 6.07) is 7.64. The van der Waals surface area contributed by atoms with Gasteiger partial charge in [0.25, 0.3) is 0 Å². The number of methoxy groups -OCH3 is 1. The topological polar surface area (TPSA) is 38.3 Å². The van der Waals surface area contributed by atoms with E-state index in [0.29, 0.717) is 6.42 Å². The minimum absolute atomic E-state index is 0.257. The summed E-state index contributed by atoms with van der Waals surface area (Å²) in [5.41, 5.74) is 0.498. The van der Waals surface area contributed by atoms with Crippen molar-refractivity contribution in [3.8, 4) is 5.75 Å². The van der Waals surface area contributed by atoms with Crippen LogP contribution in [0.2, 0.25) is 0 Å². The molecule has 0 radical (unpaired) electrons. The Hall–Kier alpha value is -1.35. The first-order chi connectivity index (χ1) is 7.16. The maximum Gasteiger partial charge on any atom is 0.158 e. The van der Waals surface area contributed by atoms with Crippen LogP contribution in [0, 0.1) is 0 Å². The van der Waals surface area contributed by atoms with Crippen LogP contribution >= 0.6 is 0 Å². The lowest BCUT2D eigenvalue weighted by atomic mass is 9.89. The first kappa shape index (κ1) is 10.2. The number of carbonyl (C=O) groups is 1. The normalized spacial score (nSPS) is 25.6. The van der Waals surface area contributed by atoms with Gasteiger partial charge in [0.2, 0.25) is 0 Å². The van der Waals surface area contributed by atoms with E-state index < -0.39 is 5.54 Å². The number of carbonyl (C=O) groups excluding carboxylic acids is 1. The SMILES string of the molecule is COc1ccc(C2(C)NCCC2=O)cc1. The molecule has 0 amide bonds. The number of Topliss-reactive ketones (excluding diaryl/α,β-unsaturated/α-hetero) is 1.